The van der Waals surface area contributed by atoms with E-state index in [1.165, 1.54) is 0 Å². The van der Waals surface area contributed by atoms with E-state index in [1.54, 1.807) is 4.90 Å². The van der Waals surface area contributed by atoms with Crippen LogP contribution in [-0.2, 0) is 14.3 Å². The van der Waals surface area contributed by atoms with Gasteiger partial charge in [-0.25, -0.2) is 0 Å². The number of carbonyl (C=O) groups is 3. The maximum absolute atomic E-state index is 13.6. The van der Waals surface area contributed by atoms with E-state index in [0.717, 1.165) is 44.8 Å². The molecule has 3 saturated heterocycles. The maximum atomic E-state index is 13.6. The van der Waals surface area contributed by atoms with Crippen molar-refractivity contribution in [3.05, 3.63) is 29.8 Å². The molecular weight excluding hydrogens is 444 g/mol. The van der Waals surface area contributed by atoms with E-state index in [4.69, 9.17) is 4.74 Å². The van der Waals surface area contributed by atoms with E-state index in [2.05, 4.69) is 29.0 Å². The first kappa shape index (κ1) is 25.6. The number of hydrogen-bond donors (Lipinski definition) is 1. The zero-order valence-electron chi connectivity index (χ0n) is 21.5. The highest BCUT2D eigenvalue weighted by Crippen LogP contribution is 2.34. The predicted molar refractivity (Wildman–Crippen MR) is 136 cm³/mol. The number of carbonyl (C=O) groups excluding carboxylic acids is 3. The molecule has 8 nitrogen and oxygen atoms in total. The van der Waals surface area contributed by atoms with Crippen LogP contribution in [0.5, 0.6) is 0 Å². The van der Waals surface area contributed by atoms with Crippen molar-refractivity contribution in [2.75, 3.05) is 50.8 Å². The molecule has 0 spiro atoms. The molecule has 35 heavy (non-hydrogen) atoms. The number of fused-ring (bicyclic) bond motifs is 1. The van der Waals surface area contributed by atoms with Gasteiger partial charge in [-0.2, -0.15) is 0 Å². The number of likely N-dealkylation sites (tertiary alicyclic amines) is 1. The zero-order valence-corrected chi connectivity index (χ0v) is 21.5. The number of nitrogens with zero attached hydrogens (tertiary/aromatic N) is 3. The summed E-state index contributed by atoms with van der Waals surface area (Å²) in [6.07, 6.45) is 1.14. The van der Waals surface area contributed by atoms with Gasteiger partial charge in [-0.15, -0.1) is 0 Å². The second-order valence-electron chi connectivity index (χ2n) is 10.5. The molecule has 2 amide bonds. The number of amides is 2. The normalized spacial score (nSPS) is 25.7. The molecule has 192 valence electrons. The number of anilines is 1. The van der Waals surface area contributed by atoms with Crippen LogP contribution < -0.4 is 10.2 Å². The topological polar surface area (TPSA) is 82.2 Å². The number of hydrogen-bond acceptors (Lipinski definition) is 6. The Balaban J connectivity index is 1.43. The van der Waals surface area contributed by atoms with Gasteiger partial charge in [0, 0.05) is 49.9 Å². The van der Waals surface area contributed by atoms with Crippen molar-refractivity contribution in [3.8, 4) is 0 Å². The van der Waals surface area contributed by atoms with Gasteiger partial charge in [0.05, 0.1) is 6.10 Å². The fraction of sp³-hybridized carbons (Fsp3) is 0.667. The van der Waals surface area contributed by atoms with Gasteiger partial charge in [0.15, 0.2) is 5.78 Å². The third kappa shape index (κ3) is 5.54. The Labute approximate surface area is 209 Å². The van der Waals surface area contributed by atoms with Gasteiger partial charge in [-0.1, -0.05) is 27.7 Å². The van der Waals surface area contributed by atoms with Crippen molar-refractivity contribution < 1.29 is 19.1 Å². The van der Waals surface area contributed by atoms with Crippen molar-refractivity contribution in [2.45, 2.75) is 58.7 Å². The Morgan fingerprint density at radius 2 is 1.77 bits per heavy atom. The van der Waals surface area contributed by atoms with E-state index in [1.807, 2.05) is 38.1 Å². The van der Waals surface area contributed by atoms with Crippen LogP contribution >= 0.6 is 0 Å². The molecule has 3 aliphatic heterocycles. The molecule has 1 unspecified atom stereocenters. The number of piperazine rings is 1. The van der Waals surface area contributed by atoms with Crippen molar-refractivity contribution in [2.24, 2.45) is 11.8 Å². The van der Waals surface area contributed by atoms with Crippen molar-refractivity contribution in [1.29, 1.82) is 0 Å². The van der Waals surface area contributed by atoms with E-state index in [0.29, 0.717) is 18.5 Å². The molecule has 4 rings (SSSR count). The number of likely N-dealkylation sites (N-methyl/N-ethyl adjacent to an activating group) is 1. The molecule has 0 bridgehead atoms. The number of ether oxygens (including phenoxy) is 1. The quantitative estimate of drug-likeness (QED) is 0.609. The van der Waals surface area contributed by atoms with Gasteiger partial charge in [0.1, 0.15) is 18.7 Å². The standard InChI is InChI=1S/C27H40N4O4/c1-5-19-16-31(24-23(32)17-35-25(19)24)27(34)22(15-18(3)4)28-26(33)20-7-9-21(10-8-20)30-13-11-29(6-2)12-14-30/h7-10,18-19,22,24-25H,5-6,11-17H2,1-4H3,(H,28,33)/t19-,22?,24+,25+/m0/s1. The summed E-state index contributed by atoms with van der Waals surface area (Å²) in [7, 11) is 0. The Bertz CT molecular complexity index is 910. The van der Waals surface area contributed by atoms with Crippen LogP contribution in [0.4, 0.5) is 5.69 Å². The molecule has 3 aliphatic rings. The zero-order chi connectivity index (χ0) is 25.1. The van der Waals surface area contributed by atoms with Crippen LogP contribution in [0.25, 0.3) is 0 Å². The molecule has 0 saturated carbocycles. The smallest absolute Gasteiger partial charge is 0.251 e. The Kier molecular flexibility index (Phi) is 8.12. The third-order valence-electron chi connectivity index (χ3n) is 7.72. The predicted octanol–water partition coefficient (Wildman–Crippen LogP) is 2.18. The molecular formula is C27H40N4O4. The van der Waals surface area contributed by atoms with E-state index >= 15 is 0 Å². The summed E-state index contributed by atoms with van der Waals surface area (Å²) < 4.78 is 5.72. The summed E-state index contributed by atoms with van der Waals surface area (Å²) in [5, 5.41) is 2.98. The molecule has 8 heteroatoms. The summed E-state index contributed by atoms with van der Waals surface area (Å²) in [6.45, 7) is 14.0. The highest BCUT2D eigenvalue weighted by atomic mass is 16.5. The average Bonchev–Trinajstić information content (AvgIpc) is 3.43. The van der Waals surface area contributed by atoms with Crippen molar-refractivity contribution >= 4 is 23.3 Å². The Morgan fingerprint density at radius 1 is 1.09 bits per heavy atom. The van der Waals surface area contributed by atoms with Gasteiger partial charge >= 0.3 is 0 Å². The summed E-state index contributed by atoms with van der Waals surface area (Å²) in [4.78, 5) is 45.7. The maximum Gasteiger partial charge on any atom is 0.251 e. The molecule has 0 aromatic heterocycles. The summed E-state index contributed by atoms with van der Waals surface area (Å²) in [6, 6.07) is 6.45. The number of nitrogens with one attached hydrogen (secondary N) is 1. The van der Waals surface area contributed by atoms with E-state index in [9.17, 15) is 14.4 Å². The van der Waals surface area contributed by atoms with Crippen LogP contribution in [0.3, 0.4) is 0 Å². The number of benzene rings is 1. The van der Waals surface area contributed by atoms with Gasteiger partial charge in [0.2, 0.25) is 5.91 Å². The summed E-state index contributed by atoms with van der Waals surface area (Å²) in [5.74, 6) is -0.114. The minimum absolute atomic E-state index is 0.0377. The molecule has 3 fully saturated rings. The summed E-state index contributed by atoms with van der Waals surface area (Å²) in [5.41, 5.74) is 1.65. The van der Waals surface area contributed by atoms with Crippen molar-refractivity contribution in [3.63, 3.8) is 0 Å². The van der Waals surface area contributed by atoms with Gasteiger partial charge < -0.3 is 24.8 Å². The van der Waals surface area contributed by atoms with Crippen LogP contribution in [0.15, 0.2) is 24.3 Å². The van der Waals surface area contributed by atoms with Crippen LogP contribution in [0.2, 0.25) is 0 Å². The first-order valence-corrected chi connectivity index (χ1v) is 13.1. The summed E-state index contributed by atoms with van der Waals surface area (Å²) >= 11 is 0. The number of ketones is 1. The highest BCUT2D eigenvalue weighted by molar-refractivity contribution is 5.99. The molecule has 1 N–H and O–H groups in total. The fourth-order valence-electron chi connectivity index (χ4n) is 5.62. The van der Waals surface area contributed by atoms with Gasteiger partial charge in [0.25, 0.3) is 5.91 Å². The number of rotatable bonds is 8. The molecule has 3 heterocycles. The van der Waals surface area contributed by atoms with Gasteiger partial charge in [-0.3, -0.25) is 14.4 Å². The molecule has 0 radical (unpaired) electrons. The minimum atomic E-state index is -0.672. The van der Waals surface area contributed by atoms with Crippen LogP contribution in [-0.4, -0.2) is 91.5 Å². The lowest BCUT2D eigenvalue weighted by molar-refractivity contribution is -0.138. The SMILES string of the molecule is CC[C@H]1CN(C(=O)C(CC(C)C)NC(=O)c2ccc(N3CCN(CC)CC3)cc2)[C@@H]2C(=O)CO[C@H]12. The highest BCUT2D eigenvalue weighted by Gasteiger charge is 2.52. The van der Waals surface area contributed by atoms with Crippen LogP contribution in [0, 0.1) is 11.8 Å². The van der Waals surface area contributed by atoms with Crippen LogP contribution in [0.1, 0.15) is 50.9 Å². The monoisotopic (exact) mass is 484 g/mol. The number of Topliss-reactive ketones (excluding diaryl/α,β-unsaturated/α-hetero) is 1. The largest absolute Gasteiger partial charge is 0.369 e. The molecule has 1 aromatic rings. The lowest BCUT2D eigenvalue weighted by Crippen LogP contribution is -2.52. The Morgan fingerprint density at radius 3 is 2.37 bits per heavy atom. The Hall–Kier alpha value is -2.45. The average molecular weight is 485 g/mol. The van der Waals surface area contributed by atoms with E-state index in [-0.39, 0.29) is 42.1 Å². The second-order valence-corrected chi connectivity index (χ2v) is 10.5. The molecule has 1 aromatic carbocycles. The lowest BCUT2D eigenvalue weighted by Gasteiger charge is -2.35. The van der Waals surface area contributed by atoms with E-state index < -0.39 is 12.1 Å². The minimum Gasteiger partial charge on any atom is -0.369 e. The van der Waals surface area contributed by atoms with Gasteiger partial charge in [-0.05, 0) is 49.6 Å². The second kappa shape index (κ2) is 11.1. The first-order chi connectivity index (χ1) is 16.8. The fourth-order valence-corrected chi connectivity index (χ4v) is 5.62. The lowest BCUT2D eigenvalue weighted by atomic mass is 9.99. The molecule has 4 atom stereocenters. The first-order valence-electron chi connectivity index (χ1n) is 13.1. The van der Waals surface area contributed by atoms with Crippen molar-refractivity contribution in [1.82, 2.24) is 15.1 Å². The molecule has 0 aliphatic carbocycles. The third-order valence-corrected chi connectivity index (χ3v) is 7.72.